The Bertz CT molecular complexity index is 196. The van der Waals surface area contributed by atoms with E-state index in [1.165, 1.54) is 6.92 Å². The molecule has 0 aliphatic carbocycles. The summed E-state index contributed by atoms with van der Waals surface area (Å²) < 4.78 is 4.90. The van der Waals surface area contributed by atoms with Gasteiger partial charge in [0.1, 0.15) is 0 Å². The minimum Gasteiger partial charge on any atom is -0.466 e. The van der Waals surface area contributed by atoms with Crippen molar-refractivity contribution in [3.05, 3.63) is 0 Å². The summed E-state index contributed by atoms with van der Waals surface area (Å²) in [6.45, 7) is 6.19. The lowest BCUT2D eigenvalue weighted by Crippen LogP contribution is -2.42. The predicted octanol–water partition coefficient (Wildman–Crippen LogP) is 0.585. The topological polar surface area (TPSA) is 50.4 Å². The number of esters is 1. The third-order valence-electron chi connectivity index (χ3n) is 2.34. The summed E-state index contributed by atoms with van der Waals surface area (Å²) in [6, 6.07) is 0.488. The number of carbonyl (C=O) groups is 1. The second kappa shape index (κ2) is 4.07. The molecule has 1 fully saturated rings. The highest BCUT2D eigenvalue weighted by Crippen LogP contribution is 2.20. The van der Waals surface area contributed by atoms with Crippen molar-refractivity contribution >= 4 is 5.97 Å². The van der Waals surface area contributed by atoms with Crippen LogP contribution in [0, 0.1) is 0 Å². The summed E-state index contributed by atoms with van der Waals surface area (Å²) in [4.78, 5) is 10.5. The maximum atomic E-state index is 10.5. The smallest absolute Gasteiger partial charge is 0.302 e. The summed E-state index contributed by atoms with van der Waals surface area (Å²) in [5.41, 5.74) is 6.44. The van der Waals surface area contributed by atoms with Crippen molar-refractivity contribution in [2.45, 2.75) is 45.2 Å². The van der Waals surface area contributed by atoms with Gasteiger partial charge in [-0.25, -0.2) is 0 Å². The lowest BCUT2D eigenvalue weighted by Gasteiger charge is -2.22. The summed E-state index contributed by atoms with van der Waals surface area (Å²) in [5, 5.41) is 0. The zero-order chi connectivity index (χ0) is 9.90. The molecule has 0 aromatic rings. The number of ether oxygens (including phenoxy) is 1. The van der Waals surface area contributed by atoms with Crippen LogP contribution in [-0.4, -0.2) is 24.2 Å². The molecule has 4 nitrogen and oxygen atoms in total. The summed E-state index contributed by atoms with van der Waals surface area (Å²) >= 11 is 0. The Balaban J connectivity index is 2.23. The molecule has 2 atom stereocenters. The molecule has 13 heavy (non-hydrogen) atoms. The third kappa shape index (κ3) is 3.32. The Morgan fingerprint density at radius 3 is 2.85 bits per heavy atom. The van der Waals surface area contributed by atoms with Gasteiger partial charge in [0.25, 0.3) is 0 Å². The van der Waals surface area contributed by atoms with Crippen LogP contribution in [-0.2, 0) is 9.53 Å². The molecule has 1 saturated heterocycles. The minimum atomic E-state index is -0.206. The van der Waals surface area contributed by atoms with Crippen molar-refractivity contribution in [1.29, 1.82) is 0 Å². The highest BCUT2D eigenvalue weighted by Gasteiger charge is 2.31. The quantitative estimate of drug-likeness (QED) is 0.633. The third-order valence-corrected chi connectivity index (χ3v) is 2.34. The van der Waals surface area contributed by atoms with Crippen LogP contribution in [0.25, 0.3) is 0 Å². The average Bonchev–Trinajstić information content (AvgIpc) is 2.30. The van der Waals surface area contributed by atoms with Crippen molar-refractivity contribution in [2.24, 2.45) is 0 Å². The molecule has 1 aliphatic heterocycles. The van der Waals surface area contributed by atoms with E-state index in [0.29, 0.717) is 12.6 Å². The van der Waals surface area contributed by atoms with Gasteiger partial charge >= 0.3 is 5.97 Å². The fourth-order valence-electron chi connectivity index (χ4n) is 1.66. The molecule has 0 radical (unpaired) electrons. The van der Waals surface area contributed by atoms with Gasteiger partial charge in [0.05, 0.1) is 6.61 Å². The van der Waals surface area contributed by atoms with Crippen molar-refractivity contribution in [2.75, 3.05) is 6.61 Å². The van der Waals surface area contributed by atoms with Crippen LogP contribution >= 0.6 is 0 Å². The Morgan fingerprint density at radius 2 is 2.38 bits per heavy atom. The zero-order valence-electron chi connectivity index (χ0n) is 8.52. The van der Waals surface area contributed by atoms with Crippen LogP contribution in [0.4, 0.5) is 0 Å². The molecule has 0 saturated carbocycles. The van der Waals surface area contributed by atoms with Gasteiger partial charge in [0.2, 0.25) is 0 Å². The minimum absolute atomic E-state index is 0.0644. The van der Waals surface area contributed by atoms with Crippen molar-refractivity contribution in [1.82, 2.24) is 10.9 Å². The van der Waals surface area contributed by atoms with Crippen LogP contribution in [0.1, 0.15) is 33.6 Å². The average molecular weight is 186 g/mol. The first kappa shape index (κ1) is 10.5. The predicted molar refractivity (Wildman–Crippen MR) is 50.0 cm³/mol. The molecule has 0 bridgehead atoms. The number of hydrogen-bond acceptors (Lipinski definition) is 4. The summed E-state index contributed by atoms with van der Waals surface area (Å²) in [6.07, 6.45) is 1.91. The van der Waals surface area contributed by atoms with Gasteiger partial charge in [-0.1, -0.05) is 0 Å². The molecular formula is C9H18N2O2. The van der Waals surface area contributed by atoms with E-state index < -0.39 is 0 Å². The van der Waals surface area contributed by atoms with E-state index in [1.54, 1.807) is 0 Å². The van der Waals surface area contributed by atoms with E-state index in [-0.39, 0.29) is 11.5 Å². The fraction of sp³-hybridized carbons (Fsp3) is 0.889. The maximum absolute atomic E-state index is 10.5. The molecule has 2 unspecified atom stereocenters. The monoisotopic (exact) mass is 186 g/mol. The van der Waals surface area contributed by atoms with Gasteiger partial charge in [-0.15, -0.1) is 0 Å². The fourth-order valence-corrected chi connectivity index (χ4v) is 1.66. The summed E-state index contributed by atoms with van der Waals surface area (Å²) in [7, 11) is 0. The standard InChI is InChI=1S/C9H18N2O2/c1-7-6-9(3,11-10-7)4-5-13-8(2)12/h7,10-11H,4-6H2,1-3H3. The number of hydrazine groups is 1. The molecule has 0 spiro atoms. The largest absolute Gasteiger partial charge is 0.466 e. The van der Waals surface area contributed by atoms with E-state index >= 15 is 0 Å². The number of hydrogen-bond donors (Lipinski definition) is 2. The number of carbonyl (C=O) groups excluding carboxylic acids is 1. The first-order chi connectivity index (χ1) is 6.02. The van der Waals surface area contributed by atoms with Gasteiger partial charge < -0.3 is 4.74 Å². The van der Waals surface area contributed by atoms with Crippen LogP contribution in [0.5, 0.6) is 0 Å². The highest BCUT2D eigenvalue weighted by molar-refractivity contribution is 5.65. The molecule has 1 heterocycles. The van der Waals surface area contributed by atoms with Gasteiger partial charge in [-0.05, 0) is 20.3 Å². The first-order valence-electron chi connectivity index (χ1n) is 4.68. The Hall–Kier alpha value is -0.610. The van der Waals surface area contributed by atoms with Crippen LogP contribution in [0.2, 0.25) is 0 Å². The first-order valence-corrected chi connectivity index (χ1v) is 4.68. The van der Waals surface area contributed by atoms with Gasteiger partial charge in [0.15, 0.2) is 0 Å². The molecule has 76 valence electrons. The summed E-state index contributed by atoms with van der Waals surface area (Å²) in [5.74, 6) is -0.206. The van der Waals surface area contributed by atoms with Crippen molar-refractivity contribution < 1.29 is 9.53 Å². The van der Waals surface area contributed by atoms with Crippen LogP contribution in [0.15, 0.2) is 0 Å². The Kier molecular flexibility index (Phi) is 3.27. The number of nitrogens with one attached hydrogen (secondary N) is 2. The maximum Gasteiger partial charge on any atom is 0.302 e. The molecule has 1 rings (SSSR count). The van der Waals surface area contributed by atoms with E-state index in [2.05, 4.69) is 24.7 Å². The van der Waals surface area contributed by atoms with Crippen LogP contribution in [0.3, 0.4) is 0 Å². The van der Waals surface area contributed by atoms with E-state index in [9.17, 15) is 4.79 Å². The lowest BCUT2D eigenvalue weighted by molar-refractivity contribution is -0.141. The van der Waals surface area contributed by atoms with Gasteiger partial charge in [-0.2, -0.15) is 0 Å². The molecular weight excluding hydrogens is 168 g/mol. The molecule has 4 heteroatoms. The number of rotatable bonds is 3. The Morgan fingerprint density at radius 1 is 1.69 bits per heavy atom. The van der Waals surface area contributed by atoms with Crippen molar-refractivity contribution in [3.8, 4) is 0 Å². The Labute approximate surface area is 79.0 Å². The van der Waals surface area contributed by atoms with E-state index in [4.69, 9.17) is 4.74 Å². The molecule has 1 aliphatic rings. The lowest BCUT2D eigenvalue weighted by atomic mass is 9.94. The second-order valence-corrected chi connectivity index (χ2v) is 4.03. The molecule has 0 aromatic carbocycles. The van der Waals surface area contributed by atoms with E-state index in [0.717, 1.165) is 12.8 Å². The SMILES string of the molecule is CC(=O)OCCC1(C)CC(C)NN1. The molecule has 0 aromatic heterocycles. The molecule has 2 N–H and O–H groups in total. The zero-order valence-corrected chi connectivity index (χ0v) is 8.52. The highest BCUT2D eigenvalue weighted by atomic mass is 16.5. The molecule has 0 amide bonds. The second-order valence-electron chi connectivity index (χ2n) is 4.03. The normalized spacial score (nSPS) is 33.3. The van der Waals surface area contributed by atoms with E-state index in [1.807, 2.05) is 0 Å². The van der Waals surface area contributed by atoms with Crippen LogP contribution < -0.4 is 10.9 Å². The van der Waals surface area contributed by atoms with Gasteiger partial charge in [0, 0.05) is 24.9 Å². The van der Waals surface area contributed by atoms with Gasteiger partial charge in [-0.3, -0.25) is 15.6 Å². The van der Waals surface area contributed by atoms with Crippen molar-refractivity contribution in [3.63, 3.8) is 0 Å².